The number of aromatic amines is 1. The van der Waals surface area contributed by atoms with E-state index >= 15 is 0 Å². The molecule has 0 amide bonds. The molecule has 2 aromatic heterocycles. The summed E-state index contributed by atoms with van der Waals surface area (Å²) in [6, 6.07) is 14.5. The van der Waals surface area contributed by atoms with E-state index < -0.39 is 0 Å². The van der Waals surface area contributed by atoms with Gasteiger partial charge in [-0.3, -0.25) is 4.79 Å². The van der Waals surface area contributed by atoms with E-state index in [1.165, 1.54) is 18.4 Å². The molecule has 0 saturated heterocycles. The predicted octanol–water partition coefficient (Wildman–Crippen LogP) is 3.59. The first-order chi connectivity index (χ1) is 12.6. The second-order valence-electron chi connectivity index (χ2n) is 7.06. The zero-order valence-corrected chi connectivity index (χ0v) is 15.0. The van der Waals surface area contributed by atoms with E-state index in [0.717, 1.165) is 23.6 Å². The average molecular weight is 346 g/mol. The lowest BCUT2D eigenvalue weighted by Gasteiger charge is -2.17. The Morgan fingerprint density at radius 1 is 1.12 bits per heavy atom. The van der Waals surface area contributed by atoms with E-state index in [-0.39, 0.29) is 11.0 Å². The molecule has 1 aliphatic carbocycles. The maximum Gasteiger partial charge on any atom is 0.254 e. The Labute approximate surface area is 152 Å². The number of hydrogen-bond acceptors (Lipinski definition) is 4. The van der Waals surface area contributed by atoms with Crippen molar-refractivity contribution in [2.24, 2.45) is 0 Å². The number of pyridine rings is 1. The largest absolute Gasteiger partial charge is 0.369 e. The Bertz CT molecular complexity index is 973. The van der Waals surface area contributed by atoms with E-state index in [1.54, 1.807) is 13.1 Å². The minimum absolute atomic E-state index is 0.103. The van der Waals surface area contributed by atoms with Gasteiger partial charge in [0, 0.05) is 35.0 Å². The fraction of sp³-hybridized carbons (Fsp3) is 0.286. The van der Waals surface area contributed by atoms with Crippen LogP contribution < -0.4 is 10.9 Å². The van der Waals surface area contributed by atoms with Crippen LogP contribution in [0.15, 0.2) is 53.5 Å². The van der Waals surface area contributed by atoms with Gasteiger partial charge in [-0.25, -0.2) is 9.97 Å². The van der Waals surface area contributed by atoms with Crippen LogP contribution in [0.3, 0.4) is 0 Å². The van der Waals surface area contributed by atoms with Gasteiger partial charge in [-0.15, -0.1) is 0 Å². The fourth-order valence-electron chi connectivity index (χ4n) is 3.19. The first-order valence-corrected chi connectivity index (χ1v) is 8.91. The number of nitrogens with zero attached hydrogens (tertiary/aromatic N) is 2. The highest BCUT2D eigenvalue weighted by atomic mass is 16.1. The molecule has 0 radical (unpaired) electrons. The quantitative estimate of drug-likeness (QED) is 0.741. The van der Waals surface area contributed by atoms with Crippen molar-refractivity contribution >= 4 is 5.82 Å². The van der Waals surface area contributed by atoms with Gasteiger partial charge < -0.3 is 10.3 Å². The maximum atomic E-state index is 11.9. The summed E-state index contributed by atoms with van der Waals surface area (Å²) < 4.78 is 0. The van der Waals surface area contributed by atoms with Gasteiger partial charge in [-0.2, -0.15) is 0 Å². The lowest BCUT2D eigenvalue weighted by Crippen LogP contribution is -2.20. The lowest BCUT2D eigenvalue weighted by atomic mass is 9.96. The van der Waals surface area contributed by atoms with Crippen LogP contribution in [0.25, 0.3) is 11.4 Å². The molecular weight excluding hydrogens is 324 g/mol. The SMILES string of the molecule is Cc1nc(-c2ccc(NCC3(c4ccccc4)CC3)nc2)[nH]c(=O)c1C. The lowest BCUT2D eigenvalue weighted by molar-refractivity contribution is 0.730. The van der Waals surface area contributed by atoms with Crippen molar-refractivity contribution in [3.05, 3.63) is 75.8 Å². The number of nitrogens with one attached hydrogen (secondary N) is 2. The van der Waals surface area contributed by atoms with E-state index in [0.29, 0.717) is 11.4 Å². The molecule has 0 bridgehead atoms. The number of aryl methyl sites for hydroxylation is 1. The number of aromatic nitrogens is 3. The smallest absolute Gasteiger partial charge is 0.254 e. The Hall–Kier alpha value is -2.95. The van der Waals surface area contributed by atoms with Crippen LogP contribution in [0.5, 0.6) is 0 Å². The normalized spacial score (nSPS) is 14.8. The summed E-state index contributed by atoms with van der Waals surface area (Å²) in [6.45, 7) is 4.49. The maximum absolute atomic E-state index is 11.9. The molecule has 1 aliphatic rings. The zero-order valence-electron chi connectivity index (χ0n) is 15.0. The van der Waals surface area contributed by atoms with Crippen molar-refractivity contribution in [2.45, 2.75) is 32.1 Å². The van der Waals surface area contributed by atoms with Crippen molar-refractivity contribution < 1.29 is 0 Å². The van der Waals surface area contributed by atoms with Gasteiger partial charge in [0.15, 0.2) is 0 Å². The van der Waals surface area contributed by atoms with Gasteiger partial charge in [0.05, 0.1) is 0 Å². The highest BCUT2D eigenvalue weighted by Gasteiger charge is 2.43. The topological polar surface area (TPSA) is 70.7 Å². The van der Waals surface area contributed by atoms with E-state index in [4.69, 9.17) is 0 Å². The van der Waals surface area contributed by atoms with E-state index in [2.05, 4.69) is 50.6 Å². The summed E-state index contributed by atoms with van der Waals surface area (Å²) in [5.41, 5.74) is 3.72. The second-order valence-corrected chi connectivity index (χ2v) is 7.06. The Kier molecular flexibility index (Phi) is 4.07. The molecule has 3 aromatic rings. The summed E-state index contributed by atoms with van der Waals surface area (Å²) in [7, 11) is 0. The third kappa shape index (κ3) is 3.12. The molecule has 132 valence electrons. The molecule has 0 unspecified atom stereocenters. The molecule has 0 spiro atoms. The monoisotopic (exact) mass is 346 g/mol. The van der Waals surface area contributed by atoms with E-state index in [9.17, 15) is 4.79 Å². The van der Waals surface area contributed by atoms with E-state index in [1.807, 2.05) is 19.1 Å². The highest BCUT2D eigenvalue weighted by molar-refractivity contribution is 5.56. The highest BCUT2D eigenvalue weighted by Crippen LogP contribution is 2.48. The number of benzene rings is 1. The van der Waals surface area contributed by atoms with Crippen molar-refractivity contribution in [1.29, 1.82) is 0 Å². The van der Waals surface area contributed by atoms with Crippen LogP contribution in [-0.2, 0) is 5.41 Å². The standard InChI is InChI=1S/C21H22N4O/c1-14-15(2)24-19(25-20(14)26)16-8-9-18(22-12-16)23-13-21(10-11-21)17-6-4-3-5-7-17/h3-9,12H,10-11,13H2,1-2H3,(H,22,23)(H,24,25,26). The molecular formula is C21H22N4O. The molecule has 1 fully saturated rings. The molecule has 2 N–H and O–H groups in total. The molecule has 2 heterocycles. The summed E-state index contributed by atoms with van der Waals surface area (Å²) in [5, 5.41) is 3.45. The third-order valence-electron chi connectivity index (χ3n) is 5.28. The summed E-state index contributed by atoms with van der Waals surface area (Å²) in [6.07, 6.45) is 4.16. The van der Waals surface area contributed by atoms with Gasteiger partial charge in [0.25, 0.3) is 5.56 Å². The minimum Gasteiger partial charge on any atom is -0.369 e. The number of rotatable bonds is 5. The van der Waals surface area contributed by atoms with Crippen LogP contribution in [0, 0.1) is 13.8 Å². The van der Waals surface area contributed by atoms with Gasteiger partial charge in [0.1, 0.15) is 11.6 Å². The molecule has 1 saturated carbocycles. The molecule has 1 aromatic carbocycles. The van der Waals surface area contributed by atoms with Crippen molar-refractivity contribution in [2.75, 3.05) is 11.9 Å². The summed E-state index contributed by atoms with van der Waals surface area (Å²) in [5.74, 6) is 1.39. The number of H-pyrrole nitrogens is 1. The number of anilines is 1. The molecule has 5 heteroatoms. The fourth-order valence-corrected chi connectivity index (χ4v) is 3.19. The summed E-state index contributed by atoms with van der Waals surface area (Å²) in [4.78, 5) is 23.7. The van der Waals surface area contributed by atoms with Crippen molar-refractivity contribution in [3.8, 4) is 11.4 Å². The van der Waals surface area contributed by atoms with Crippen LogP contribution in [0.1, 0.15) is 29.7 Å². The second kappa shape index (κ2) is 6.41. The Balaban J connectivity index is 1.48. The average Bonchev–Trinajstić information content (AvgIpc) is 3.46. The molecule has 4 rings (SSSR count). The molecule has 0 aliphatic heterocycles. The molecule has 26 heavy (non-hydrogen) atoms. The van der Waals surface area contributed by atoms with Gasteiger partial charge in [-0.1, -0.05) is 30.3 Å². The van der Waals surface area contributed by atoms with Crippen LogP contribution in [-0.4, -0.2) is 21.5 Å². The Morgan fingerprint density at radius 2 is 1.88 bits per heavy atom. The Morgan fingerprint density at radius 3 is 2.50 bits per heavy atom. The van der Waals surface area contributed by atoms with Gasteiger partial charge >= 0.3 is 0 Å². The third-order valence-corrected chi connectivity index (χ3v) is 5.28. The predicted molar refractivity (Wildman–Crippen MR) is 103 cm³/mol. The summed E-state index contributed by atoms with van der Waals surface area (Å²) >= 11 is 0. The van der Waals surface area contributed by atoms with Crippen LogP contribution in [0.2, 0.25) is 0 Å². The van der Waals surface area contributed by atoms with Gasteiger partial charge in [-0.05, 0) is 44.4 Å². The van der Waals surface area contributed by atoms with Crippen LogP contribution >= 0.6 is 0 Å². The van der Waals surface area contributed by atoms with Crippen molar-refractivity contribution in [1.82, 2.24) is 15.0 Å². The molecule has 0 atom stereocenters. The number of hydrogen-bond donors (Lipinski definition) is 2. The molecule has 5 nitrogen and oxygen atoms in total. The van der Waals surface area contributed by atoms with Crippen molar-refractivity contribution in [3.63, 3.8) is 0 Å². The first-order valence-electron chi connectivity index (χ1n) is 8.91. The van der Waals surface area contributed by atoms with Gasteiger partial charge in [0.2, 0.25) is 0 Å². The zero-order chi connectivity index (χ0) is 18.1. The van der Waals surface area contributed by atoms with Crippen LogP contribution in [0.4, 0.5) is 5.82 Å². The first kappa shape index (κ1) is 16.5. The minimum atomic E-state index is -0.103.